The number of hydrogen-bond acceptors (Lipinski definition) is 2. The lowest BCUT2D eigenvalue weighted by Crippen LogP contribution is -2.10. The fourth-order valence-electron chi connectivity index (χ4n) is 2.13. The van der Waals surface area contributed by atoms with Crippen LogP contribution >= 0.6 is 0 Å². The summed E-state index contributed by atoms with van der Waals surface area (Å²) in [5, 5.41) is 3.15. The average Bonchev–Trinajstić information content (AvgIpc) is 2.57. The second kappa shape index (κ2) is 4.26. The molecule has 2 aromatic rings. The van der Waals surface area contributed by atoms with E-state index >= 15 is 0 Å². The smallest absolute Gasteiger partial charge is 0.123 e. The SMILES string of the molecule is CNCc1nc2cccc(C(C)C)c2n1C. The zero-order valence-corrected chi connectivity index (χ0v) is 10.4. The molecule has 16 heavy (non-hydrogen) atoms. The van der Waals surface area contributed by atoms with E-state index in [-0.39, 0.29) is 0 Å². The van der Waals surface area contributed by atoms with Gasteiger partial charge in [0.05, 0.1) is 17.6 Å². The third-order valence-electron chi connectivity index (χ3n) is 2.97. The summed E-state index contributed by atoms with van der Waals surface area (Å²) in [6.45, 7) is 5.25. The van der Waals surface area contributed by atoms with E-state index in [1.807, 2.05) is 7.05 Å². The van der Waals surface area contributed by atoms with Crippen LogP contribution in [-0.4, -0.2) is 16.6 Å². The average molecular weight is 217 g/mol. The van der Waals surface area contributed by atoms with E-state index in [4.69, 9.17) is 0 Å². The summed E-state index contributed by atoms with van der Waals surface area (Å²) < 4.78 is 2.20. The summed E-state index contributed by atoms with van der Waals surface area (Å²) in [7, 11) is 4.04. The lowest BCUT2D eigenvalue weighted by molar-refractivity contribution is 0.716. The molecule has 0 aliphatic carbocycles. The maximum atomic E-state index is 4.65. The number of benzene rings is 1. The van der Waals surface area contributed by atoms with Crippen LogP contribution in [0, 0.1) is 0 Å². The molecule has 1 aromatic carbocycles. The molecular weight excluding hydrogens is 198 g/mol. The highest BCUT2D eigenvalue weighted by Gasteiger charge is 2.12. The molecule has 0 atom stereocenters. The summed E-state index contributed by atoms with van der Waals surface area (Å²) in [6.07, 6.45) is 0. The fraction of sp³-hybridized carbons (Fsp3) is 0.462. The van der Waals surface area contributed by atoms with Crippen LogP contribution in [0.25, 0.3) is 11.0 Å². The van der Waals surface area contributed by atoms with E-state index in [0.717, 1.165) is 17.9 Å². The van der Waals surface area contributed by atoms with Crippen LogP contribution in [0.4, 0.5) is 0 Å². The van der Waals surface area contributed by atoms with Gasteiger partial charge in [-0.3, -0.25) is 0 Å². The van der Waals surface area contributed by atoms with E-state index in [0.29, 0.717) is 5.92 Å². The second-order valence-corrected chi connectivity index (χ2v) is 4.49. The number of imidazole rings is 1. The molecule has 1 N–H and O–H groups in total. The highest BCUT2D eigenvalue weighted by atomic mass is 15.1. The molecular formula is C13H19N3. The third kappa shape index (κ3) is 1.71. The lowest BCUT2D eigenvalue weighted by Gasteiger charge is -2.09. The summed E-state index contributed by atoms with van der Waals surface area (Å²) >= 11 is 0. The predicted octanol–water partition coefficient (Wildman–Crippen LogP) is 2.42. The summed E-state index contributed by atoms with van der Waals surface area (Å²) in [6, 6.07) is 6.37. The molecule has 1 aromatic heterocycles. The Kier molecular flexibility index (Phi) is 2.97. The van der Waals surface area contributed by atoms with Gasteiger partial charge in [0.2, 0.25) is 0 Å². The van der Waals surface area contributed by atoms with Crippen molar-refractivity contribution >= 4 is 11.0 Å². The topological polar surface area (TPSA) is 29.9 Å². The van der Waals surface area contributed by atoms with Gasteiger partial charge in [0, 0.05) is 7.05 Å². The van der Waals surface area contributed by atoms with E-state index < -0.39 is 0 Å². The number of nitrogens with zero attached hydrogens (tertiary/aromatic N) is 2. The number of fused-ring (bicyclic) bond motifs is 1. The number of rotatable bonds is 3. The Morgan fingerprint density at radius 3 is 2.75 bits per heavy atom. The Hall–Kier alpha value is -1.35. The minimum Gasteiger partial charge on any atom is -0.330 e. The summed E-state index contributed by atoms with van der Waals surface area (Å²) in [4.78, 5) is 4.65. The molecule has 0 fully saturated rings. The van der Waals surface area contributed by atoms with Crippen LogP contribution in [0.3, 0.4) is 0 Å². The second-order valence-electron chi connectivity index (χ2n) is 4.49. The number of hydrogen-bond donors (Lipinski definition) is 1. The molecule has 0 aliphatic heterocycles. The largest absolute Gasteiger partial charge is 0.330 e. The van der Waals surface area contributed by atoms with Crippen LogP contribution in [0.2, 0.25) is 0 Å². The van der Waals surface area contributed by atoms with Crippen LogP contribution in [0.1, 0.15) is 31.2 Å². The molecule has 0 saturated heterocycles. The van der Waals surface area contributed by atoms with Crippen molar-refractivity contribution in [1.29, 1.82) is 0 Å². The van der Waals surface area contributed by atoms with Gasteiger partial charge < -0.3 is 9.88 Å². The van der Waals surface area contributed by atoms with Gasteiger partial charge in [-0.05, 0) is 24.6 Å². The van der Waals surface area contributed by atoms with Crippen molar-refractivity contribution in [2.24, 2.45) is 7.05 Å². The minimum absolute atomic E-state index is 0.529. The zero-order valence-electron chi connectivity index (χ0n) is 10.4. The molecule has 3 heteroatoms. The van der Waals surface area contributed by atoms with Gasteiger partial charge in [-0.25, -0.2) is 4.98 Å². The first-order valence-corrected chi connectivity index (χ1v) is 5.74. The minimum atomic E-state index is 0.529. The molecule has 3 nitrogen and oxygen atoms in total. The van der Waals surface area contributed by atoms with Gasteiger partial charge in [0.25, 0.3) is 0 Å². The van der Waals surface area contributed by atoms with Crippen molar-refractivity contribution in [3.05, 3.63) is 29.6 Å². The van der Waals surface area contributed by atoms with Gasteiger partial charge in [0.15, 0.2) is 0 Å². The van der Waals surface area contributed by atoms with E-state index in [2.05, 4.69) is 54.0 Å². The molecule has 0 saturated carbocycles. The molecule has 0 aliphatic rings. The first kappa shape index (κ1) is 11.1. The van der Waals surface area contributed by atoms with Crippen molar-refractivity contribution in [3.8, 4) is 0 Å². The van der Waals surface area contributed by atoms with Crippen LogP contribution in [-0.2, 0) is 13.6 Å². The van der Waals surface area contributed by atoms with E-state index in [1.165, 1.54) is 11.1 Å². The Labute approximate surface area is 96.5 Å². The van der Waals surface area contributed by atoms with Crippen molar-refractivity contribution < 1.29 is 0 Å². The number of para-hydroxylation sites is 1. The van der Waals surface area contributed by atoms with Crippen LogP contribution in [0.15, 0.2) is 18.2 Å². The number of aromatic nitrogens is 2. The zero-order chi connectivity index (χ0) is 11.7. The standard InChI is InChI=1S/C13H19N3/c1-9(2)10-6-5-7-11-13(10)16(4)12(15-11)8-14-3/h5-7,9,14H,8H2,1-4H3. The molecule has 0 amide bonds. The first-order valence-electron chi connectivity index (χ1n) is 5.74. The van der Waals surface area contributed by atoms with Crippen LogP contribution < -0.4 is 5.32 Å². The van der Waals surface area contributed by atoms with Crippen LogP contribution in [0.5, 0.6) is 0 Å². The molecule has 0 spiro atoms. The highest BCUT2D eigenvalue weighted by molar-refractivity contribution is 5.80. The Morgan fingerprint density at radius 2 is 2.12 bits per heavy atom. The number of aryl methyl sites for hydroxylation is 1. The summed E-state index contributed by atoms with van der Waals surface area (Å²) in [5.74, 6) is 1.62. The monoisotopic (exact) mass is 217 g/mol. The van der Waals surface area contributed by atoms with Crippen molar-refractivity contribution in [1.82, 2.24) is 14.9 Å². The van der Waals surface area contributed by atoms with Crippen molar-refractivity contribution in [2.75, 3.05) is 7.05 Å². The van der Waals surface area contributed by atoms with Crippen molar-refractivity contribution in [2.45, 2.75) is 26.3 Å². The van der Waals surface area contributed by atoms with Gasteiger partial charge in [0.1, 0.15) is 5.82 Å². The van der Waals surface area contributed by atoms with Gasteiger partial charge >= 0.3 is 0 Å². The van der Waals surface area contributed by atoms with E-state index in [1.54, 1.807) is 0 Å². The molecule has 86 valence electrons. The Balaban J connectivity index is 2.67. The van der Waals surface area contributed by atoms with E-state index in [9.17, 15) is 0 Å². The van der Waals surface area contributed by atoms with Crippen molar-refractivity contribution in [3.63, 3.8) is 0 Å². The fourth-order valence-corrected chi connectivity index (χ4v) is 2.13. The molecule has 2 rings (SSSR count). The quantitative estimate of drug-likeness (QED) is 0.855. The normalized spacial score (nSPS) is 11.6. The summed E-state index contributed by atoms with van der Waals surface area (Å²) in [5.41, 5.74) is 3.73. The molecule has 0 bridgehead atoms. The van der Waals surface area contributed by atoms with Gasteiger partial charge in [-0.1, -0.05) is 26.0 Å². The molecule has 0 unspecified atom stereocenters. The maximum Gasteiger partial charge on any atom is 0.123 e. The Morgan fingerprint density at radius 1 is 1.38 bits per heavy atom. The highest BCUT2D eigenvalue weighted by Crippen LogP contribution is 2.25. The predicted molar refractivity (Wildman–Crippen MR) is 67.6 cm³/mol. The maximum absolute atomic E-state index is 4.65. The first-order chi connectivity index (χ1) is 7.65. The van der Waals surface area contributed by atoms with Gasteiger partial charge in [-0.2, -0.15) is 0 Å². The molecule has 0 radical (unpaired) electrons. The molecule has 1 heterocycles. The lowest BCUT2D eigenvalue weighted by atomic mass is 10.0. The van der Waals surface area contributed by atoms with Gasteiger partial charge in [-0.15, -0.1) is 0 Å². The number of nitrogens with one attached hydrogen (secondary N) is 1. The Bertz CT molecular complexity index is 497. The third-order valence-corrected chi connectivity index (χ3v) is 2.97.